The first-order valence-corrected chi connectivity index (χ1v) is 12.7. The minimum atomic E-state index is -1.23. The maximum atomic E-state index is 12.7. The Morgan fingerprint density at radius 2 is 1.90 bits per heavy atom. The molecule has 2 aliphatic rings. The van der Waals surface area contributed by atoms with Gasteiger partial charge in [0.2, 0.25) is 11.8 Å². The molecule has 3 N–H and O–H groups in total. The van der Waals surface area contributed by atoms with Gasteiger partial charge >= 0.3 is 5.97 Å². The number of nitrogens with zero attached hydrogens (tertiary/aromatic N) is 2. The molecule has 0 saturated carbocycles. The summed E-state index contributed by atoms with van der Waals surface area (Å²) in [4.78, 5) is 55.9. The van der Waals surface area contributed by atoms with Crippen LogP contribution >= 0.6 is 0 Å². The van der Waals surface area contributed by atoms with Crippen LogP contribution in [-0.4, -0.2) is 64.5 Å². The quantitative estimate of drug-likeness (QED) is 0.395. The number of rotatable bonds is 7. The molecule has 204 valence electrons. The molecule has 11 nitrogen and oxygen atoms in total. The number of H-pyrrole nitrogens is 1. The van der Waals surface area contributed by atoms with E-state index >= 15 is 0 Å². The molecule has 39 heavy (non-hydrogen) atoms. The van der Waals surface area contributed by atoms with Crippen LogP contribution in [0.2, 0.25) is 0 Å². The lowest BCUT2D eigenvalue weighted by atomic mass is 9.92. The summed E-state index contributed by atoms with van der Waals surface area (Å²) in [6.07, 6.45) is 1.94. The number of carbonyl (C=O) groups is 4. The monoisotopic (exact) mass is 534 g/mol. The van der Waals surface area contributed by atoms with Gasteiger partial charge in [-0.15, -0.1) is 0 Å². The zero-order valence-electron chi connectivity index (χ0n) is 21.9. The molecule has 0 bridgehead atoms. The van der Waals surface area contributed by atoms with Crippen LogP contribution in [0.15, 0.2) is 42.6 Å². The number of ether oxygens (including phenoxy) is 2. The van der Waals surface area contributed by atoms with Crippen molar-refractivity contribution >= 4 is 40.3 Å². The van der Waals surface area contributed by atoms with Gasteiger partial charge < -0.3 is 29.8 Å². The normalized spacial score (nSPS) is 19.5. The van der Waals surface area contributed by atoms with Crippen molar-refractivity contribution < 1.29 is 33.8 Å². The average molecular weight is 535 g/mol. The van der Waals surface area contributed by atoms with Gasteiger partial charge in [-0.05, 0) is 48.4 Å². The third-order valence-electron chi connectivity index (χ3n) is 7.27. The predicted octanol–water partition coefficient (Wildman–Crippen LogP) is 2.31. The molecule has 1 fully saturated rings. The van der Waals surface area contributed by atoms with Crippen LogP contribution in [0.5, 0.6) is 11.5 Å². The number of aromatic nitrogens is 1. The second kappa shape index (κ2) is 9.97. The topological polar surface area (TPSA) is 141 Å². The van der Waals surface area contributed by atoms with Crippen molar-refractivity contribution in [2.45, 2.75) is 45.4 Å². The lowest BCUT2D eigenvalue weighted by molar-refractivity contribution is -0.162. The molecule has 0 unspecified atom stereocenters. The number of phenolic OH excluding ortho intramolecular Hbond substituents is 1. The number of carbonyl (C=O) groups excluding carboxylic acids is 4. The third kappa shape index (κ3) is 4.64. The van der Waals surface area contributed by atoms with Crippen molar-refractivity contribution in [1.29, 1.82) is 0 Å². The highest BCUT2D eigenvalue weighted by Crippen LogP contribution is 2.54. The zero-order chi connectivity index (χ0) is 27.9. The van der Waals surface area contributed by atoms with Crippen LogP contribution < -0.4 is 15.0 Å². The van der Waals surface area contributed by atoms with Gasteiger partial charge in [-0.1, -0.05) is 0 Å². The SMILES string of the molecule is CC(=O)O[C@@]12CCN(C(C)=O)[C@@H]1N(C(C)=O)c1ccc(OCC(=O)NCCc3c[nH]c4ccc(O)cc34)cc12. The van der Waals surface area contributed by atoms with Crippen LogP contribution in [0.4, 0.5) is 5.69 Å². The second-order valence-electron chi connectivity index (χ2n) is 9.82. The number of likely N-dealkylation sites (tertiary alicyclic amines) is 1. The summed E-state index contributed by atoms with van der Waals surface area (Å²) < 4.78 is 11.6. The molecule has 3 heterocycles. The number of amides is 3. The Labute approximate surface area is 224 Å². The smallest absolute Gasteiger partial charge is 0.303 e. The molecule has 3 amide bonds. The summed E-state index contributed by atoms with van der Waals surface area (Å²) >= 11 is 0. The number of phenols is 1. The van der Waals surface area contributed by atoms with Crippen molar-refractivity contribution in [1.82, 2.24) is 15.2 Å². The number of benzene rings is 2. The average Bonchev–Trinajstić information content (AvgIpc) is 3.52. The Bertz CT molecular complexity index is 1480. The summed E-state index contributed by atoms with van der Waals surface area (Å²) in [5.41, 5.74) is 1.73. The highest BCUT2D eigenvalue weighted by atomic mass is 16.6. The maximum absolute atomic E-state index is 12.7. The van der Waals surface area contributed by atoms with Crippen molar-refractivity contribution in [3.8, 4) is 11.5 Å². The minimum Gasteiger partial charge on any atom is -0.508 e. The van der Waals surface area contributed by atoms with Crippen molar-refractivity contribution in [2.24, 2.45) is 0 Å². The number of aromatic amines is 1. The van der Waals surface area contributed by atoms with Gasteiger partial charge in [0.1, 0.15) is 11.5 Å². The van der Waals surface area contributed by atoms with Crippen molar-refractivity contribution in [3.63, 3.8) is 0 Å². The summed E-state index contributed by atoms with van der Waals surface area (Å²) in [5, 5.41) is 13.5. The fraction of sp³-hybridized carbons (Fsp3) is 0.357. The molecule has 2 atom stereocenters. The van der Waals surface area contributed by atoms with E-state index in [1.165, 1.54) is 30.6 Å². The van der Waals surface area contributed by atoms with E-state index in [0.717, 1.165) is 16.5 Å². The van der Waals surface area contributed by atoms with Crippen LogP contribution in [0, 0.1) is 0 Å². The van der Waals surface area contributed by atoms with Crippen molar-refractivity contribution in [3.05, 3.63) is 53.7 Å². The molecular weight excluding hydrogens is 504 g/mol. The number of anilines is 1. The molecule has 1 saturated heterocycles. The molecule has 1 aromatic heterocycles. The Morgan fingerprint density at radius 1 is 1.10 bits per heavy atom. The molecule has 2 aliphatic heterocycles. The van der Waals surface area contributed by atoms with Crippen LogP contribution in [0.3, 0.4) is 0 Å². The summed E-state index contributed by atoms with van der Waals surface area (Å²) in [7, 11) is 0. The number of hydrogen-bond donors (Lipinski definition) is 3. The van der Waals surface area contributed by atoms with Gasteiger partial charge in [0.05, 0.1) is 5.69 Å². The Kier molecular flexibility index (Phi) is 6.67. The van der Waals surface area contributed by atoms with Gasteiger partial charge in [0.25, 0.3) is 5.91 Å². The molecule has 11 heteroatoms. The van der Waals surface area contributed by atoms with E-state index < -0.39 is 17.7 Å². The van der Waals surface area contributed by atoms with Crippen LogP contribution in [-0.2, 0) is 35.9 Å². The van der Waals surface area contributed by atoms with Gasteiger partial charge in [-0.25, -0.2) is 0 Å². The first kappa shape index (κ1) is 26.1. The Hall–Kier alpha value is -4.54. The highest BCUT2D eigenvalue weighted by molar-refractivity contribution is 5.97. The Balaban J connectivity index is 1.29. The molecule has 3 aromatic rings. The summed E-state index contributed by atoms with van der Waals surface area (Å²) in [6.45, 7) is 4.56. The van der Waals surface area contributed by atoms with Gasteiger partial charge in [0.15, 0.2) is 18.4 Å². The number of hydrogen-bond acceptors (Lipinski definition) is 7. The molecule has 0 aliphatic carbocycles. The molecule has 2 aromatic carbocycles. The lowest BCUT2D eigenvalue weighted by Crippen LogP contribution is -2.54. The van der Waals surface area contributed by atoms with Crippen LogP contribution in [0.1, 0.15) is 38.3 Å². The van der Waals surface area contributed by atoms with E-state index in [4.69, 9.17) is 9.47 Å². The van der Waals surface area contributed by atoms with E-state index in [0.29, 0.717) is 42.9 Å². The summed E-state index contributed by atoms with van der Waals surface area (Å²) in [5.74, 6) is -0.826. The molecule has 0 radical (unpaired) electrons. The Morgan fingerprint density at radius 3 is 2.62 bits per heavy atom. The van der Waals surface area contributed by atoms with Gasteiger partial charge in [0, 0.05) is 62.9 Å². The maximum Gasteiger partial charge on any atom is 0.303 e. The number of fused-ring (bicyclic) bond motifs is 4. The molecule has 0 spiro atoms. The number of nitrogens with one attached hydrogen (secondary N) is 2. The first-order chi connectivity index (χ1) is 18.6. The first-order valence-electron chi connectivity index (χ1n) is 12.7. The zero-order valence-corrected chi connectivity index (χ0v) is 21.9. The minimum absolute atomic E-state index is 0.176. The number of esters is 1. The van der Waals surface area contributed by atoms with E-state index in [-0.39, 0.29) is 30.1 Å². The third-order valence-corrected chi connectivity index (χ3v) is 7.27. The van der Waals surface area contributed by atoms with Crippen LogP contribution in [0.25, 0.3) is 10.9 Å². The van der Waals surface area contributed by atoms with Crippen molar-refractivity contribution in [2.75, 3.05) is 24.6 Å². The second-order valence-corrected chi connectivity index (χ2v) is 9.82. The van der Waals surface area contributed by atoms with E-state index in [1.54, 1.807) is 36.4 Å². The standard InChI is InChI=1S/C28H30N4O7/c1-16(33)31-11-9-28(39-18(3)35)23-13-21(5-7-25(23)32(17(2)34)27(28)31)38-15-26(37)29-10-8-19-14-30-24-6-4-20(36)12-22(19)24/h4-7,12-14,27,30,36H,8-11,15H2,1-3H3,(H,29,37)/t27-,28-/m1/s1. The fourth-order valence-corrected chi connectivity index (χ4v) is 5.69. The van der Waals surface area contributed by atoms with E-state index in [2.05, 4.69) is 10.3 Å². The summed E-state index contributed by atoms with van der Waals surface area (Å²) in [6, 6.07) is 10.1. The largest absolute Gasteiger partial charge is 0.508 e. The van der Waals surface area contributed by atoms with Gasteiger partial charge in [-0.2, -0.15) is 0 Å². The predicted molar refractivity (Wildman–Crippen MR) is 141 cm³/mol. The van der Waals surface area contributed by atoms with E-state index in [1.807, 2.05) is 6.20 Å². The molecular formula is C28H30N4O7. The lowest BCUT2D eigenvalue weighted by Gasteiger charge is -2.35. The number of aromatic hydroxyl groups is 1. The van der Waals surface area contributed by atoms with Gasteiger partial charge in [-0.3, -0.25) is 24.1 Å². The van der Waals surface area contributed by atoms with E-state index in [9.17, 15) is 24.3 Å². The highest BCUT2D eigenvalue weighted by Gasteiger charge is 2.62. The fourth-order valence-electron chi connectivity index (χ4n) is 5.69. The molecule has 5 rings (SSSR count).